The summed E-state index contributed by atoms with van der Waals surface area (Å²) in [6, 6.07) is 20.5. The van der Waals surface area contributed by atoms with Crippen LogP contribution in [0.1, 0.15) is 49.2 Å². The van der Waals surface area contributed by atoms with Crippen LogP contribution < -0.4 is 19.6 Å². The number of hydrogen-bond acceptors (Lipinski definition) is 5. The zero-order valence-electron chi connectivity index (χ0n) is 26.3. The van der Waals surface area contributed by atoms with Crippen molar-refractivity contribution < 1.29 is 9.53 Å². The molecule has 46 heavy (non-hydrogen) atoms. The highest BCUT2D eigenvalue weighted by molar-refractivity contribution is 7.07. The third kappa shape index (κ3) is 5.48. The molecule has 7 nitrogen and oxygen atoms in total. The first-order valence-electron chi connectivity index (χ1n) is 15.1. The summed E-state index contributed by atoms with van der Waals surface area (Å²) in [7, 11) is 1.60. The first kappa shape index (κ1) is 31.9. The number of rotatable bonds is 8. The number of ether oxygens (including phenoxy) is 1. The number of nitrogens with zero attached hydrogens (tertiary/aromatic N) is 4. The monoisotopic (exact) mass is 672 g/mol. The lowest BCUT2D eigenvalue weighted by Gasteiger charge is -2.29. The van der Waals surface area contributed by atoms with Crippen molar-refractivity contribution in [3.8, 4) is 5.75 Å². The van der Waals surface area contributed by atoms with E-state index < -0.39 is 6.04 Å². The first-order valence-corrected chi connectivity index (χ1v) is 16.7. The van der Waals surface area contributed by atoms with Crippen molar-refractivity contribution in [3.05, 3.63) is 130 Å². The molecule has 0 saturated heterocycles. The van der Waals surface area contributed by atoms with Crippen molar-refractivity contribution in [2.75, 3.05) is 20.2 Å². The van der Waals surface area contributed by atoms with Gasteiger partial charge in [0.2, 0.25) is 0 Å². The summed E-state index contributed by atoms with van der Waals surface area (Å²) < 4.78 is 10.1. The average molecular weight is 674 g/mol. The maximum absolute atomic E-state index is 14.5. The molecule has 10 heteroatoms. The Bertz CT molecular complexity index is 2210. The highest BCUT2D eigenvalue weighted by atomic mass is 35.5. The summed E-state index contributed by atoms with van der Waals surface area (Å²) in [5.74, 6) is 0.456. The van der Waals surface area contributed by atoms with E-state index in [2.05, 4.69) is 23.6 Å². The lowest BCUT2D eigenvalue weighted by Crippen LogP contribution is -2.43. The molecule has 0 bridgehead atoms. The van der Waals surface area contributed by atoms with Crippen LogP contribution in [-0.4, -0.2) is 40.1 Å². The van der Waals surface area contributed by atoms with Crippen LogP contribution in [-0.2, 0) is 11.3 Å². The Balaban J connectivity index is 1.56. The van der Waals surface area contributed by atoms with Crippen LogP contribution >= 0.6 is 34.5 Å². The molecule has 1 aliphatic heterocycles. The number of halogens is 2. The molecule has 0 radical (unpaired) electrons. The van der Waals surface area contributed by atoms with Crippen LogP contribution in [0.4, 0.5) is 0 Å². The van der Waals surface area contributed by atoms with Crippen LogP contribution in [0.2, 0.25) is 10.0 Å². The lowest BCUT2D eigenvalue weighted by molar-refractivity contribution is -0.127. The van der Waals surface area contributed by atoms with Crippen molar-refractivity contribution in [1.82, 2.24) is 14.0 Å². The molecule has 3 heterocycles. The summed E-state index contributed by atoms with van der Waals surface area (Å²) in [5, 5.41) is 2.20. The number of benzene rings is 3. The number of fused-ring (bicyclic) bond motifs is 2. The average Bonchev–Trinajstić information content (AvgIpc) is 3.50. The predicted octanol–water partition coefficient (Wildman–Crippen LogP) is 6.73. The topological polar surface area (TPSA) is 68.8 Å². The maximum Gasteiger partial charge on any atom is 0.271 e. The van der Waals surface area contributed by atoms with Gasteiger partial charge in [0, 0.05) is 57.4 Å². The van der Waals surface area contributed by atoms with Gasteiger partial charge in [-0.15, -0.1) is 0 Å². The fourth-order valence-corrected chi connectivity index (χ4v) is 7.75. The number of para-hydroxylation sites is 2. The number of likely N-dealkylation sites (N-methyl/N-ethyl adjacent to an activating group) is 1. The van der Waals surface area contributed by atoms with E-state index in [1.165, 1.54) is 11.3 Å². The second kappa shape index (κ2) is 12.9. The van der Waals surface area contributed by atoms with Gasteiger partial charge in [0.25, 0.3) is 11.5 Å². The predicted molar refractivity (Wildman–Crippen MR) is 187 cm³/mol. The standard InChI is InChI=1S/C36H34Cl2N4O3S/c1-6-40(7-2)35(44)32-21(3)39-36-42(33(32)26-13-9-11-15-30(26)45-5)34(43)31(46-36)19-27-22(4)41(29-14-10-8-12-25(27)29)20-23-16-17-24(37)18-28(23)38/h8-19,33H,6-7,20H2,1-5H3/b31-19+/t33-/m0/s1. The van der Waals surface area contributed by atoms with Gasteiger partial charge < -0.3 is 14.2 Å². The number of carbonyl (C=O) groups is 1. The first-order chi connectivity index (χ1) is 22.2. The molecule has 1 amide bonds. The molecule has 0 saturated carbocycles. The van der Waals surface area contributed by atoms with Gasteiger partial charge in [-0.05, 0) is 63.6 Å². The van der Waals surface area contributed by atoms with Gasteiger partial charge in [0.05, 0.1) is 22.9 Å². The molecule has 1 aliphatic rings. The SMILES string of the molecule is CCN(CC)C(=O)C1=C(C)N=c2s/c(=C/c3c(C)n(Cc4ccc(Cl)cc4Cl)c4ccccc34)c(=O)n2[C@H]1c1ccccc1OC. The molecule has 5 aromatic rings. The molecule has 2 aromatic heterocycles. The van der Waals surface area contributed by atoms with Gasteiger partial charge in [-0.3, -0.25) is 14.2 Å². The minimum atomic E-state index is -0.697. The van der Waals surface area contributed by atoms with Gasteiger partial charge in [0.1, 0.15) is 11.8 Å². The zero-order valence-corrected chi connectivity index (χ0v) is 28.6. The zero-order chi connectivity index (χ0) is 32.7. The second-order valence-corrected chi connectivity index (χ2v) is 13.0. The third-order valence-corrected chi connectivity index (χ3v) is 10.2. The van der Waals surface area contributed by atoms with Gasteiger partial charge in [0.15, 0.2) is 4.80 Å². The molecule has 0 spiro atoms. The van der Waals surface area contributed by atoms with E-state index >= 15 is 0 Å². The van der Waals surface area contributed by atoms with Crippen LogP contribution in [0.15, 0.2) is 87.8 Å². The maximum atomic E-state index is 14.5. The number of aromatic nitrogens is 2. The normalized spacial score (nSPS) is 14.8. The number of methoxy groups -OCH3 is 1. The van der Waals surface area contributed by atoms with Crippen molar-refractivity contribution >= 4 is 57.4 Å². The van der Waals surface area contributed by atoms with Crippen molar-refractivity contribution in [2.45, 2.75) is 40.3 Å². The Kier molecular flexibility index (Phi) is 8.97. The van der Waals surface area contributed by atoms with E-state index in [1.807, 2.05) is 75.4 Å². The summed E-state index contributed by atoms with van der Waals surface area (Å²) in [4.78, 5) is 35.6. The smallest absolute Gasteiger partial charge is 0.271 e. The number of allylic oxidation sites excluding steroid dienone is 1. The van der Waals surface area contributed by atoms with E-state index in [0.29, 0.717) is 56.0 Å². The van der Waals surface area contributed by atoms with Gasteiger partial charge in [-0.2, -0.15) is 0 Å². The van der Waals surface area contributed by atoms with Crippen LogP contribution in [0.25, 0.3) is 17.0 Å². The summed E-state index contributed by atoms with van der Waals surface area (Å²) in [6.07, 6.45) is 1.95. The molecule has 0 N–H and O–H groups in total. The Hall–Kier alpha value is -4.11. The molecule has 0 aliphatic carbocycles. The highest BCUT2D eigenvalue weighted by Crippen LogP contribution is 2.36. The Morgan fingerprint density at radius 2 is 1.76 bits per heavy atom. The Morgan fingerprint density at radius 1 is 1.04 bits per heavy atom. The van der Waals surface area contributed by atoms with Crippen LogP contribution in [0, 0.1) is 6.92 Å². The minimum Gasteiger partial charge on any atom is -0.496 e. The molecular weight excluding hydrogens is 639 g/mol. The van der Waals surface area contributed by atoms with E-state index in [0.717, 1.165) is 33.3 Å². The molecule has 3 aromatic carbocycles. The summed E-state index contributed by atoms with van der Waals surface area (Å²) in [6.45, 7) is 9.42. The summed E-state index contributed by atoms with van der Waals surface area (Å²) in [5.41, 5.74) is 5.48. The van der Waals surface area contributed by atoms with E-state index in [4.69, 9.17) is 32.9 Å². The summed E-state index contributed by atoms with van der Waals surface area (Å²) >= 11 is 14.1. The Labute approximate surface area is 281 Å². The Morgan fingerprint density at radius 3 is 2.48 bits per heavy atom. The second-order valence-electron chi connectivity index (χ2n) is 11.1. The third-order valence-electron chi connectivity index (χ3n) is 8.63. The number of hydrogen-bond donors (Lipinski definition) is 0. The molecule has 0 fully saturated rings. The van der Waals surface area contributed by atoms with Gasteiger partial charge in [-0.25, -0.2) is 4.99 Å². The fourth-order valence-electron chi connectivity index (χ4n) is 6.26. The minimum absolute atomic E-state index is 0.142. The quantitative estimate of drug-likeness (QED) is 0.184. The number of carbonyl (C=O) groups excluding carboxylic acids is 1. The molecule has 0 unspecified atom stereocenters. The number of thiazole rings is 1. The van der Waals surface area contributed by atoms with Crippen molar-refractivity contribution in [3.63, 3.8) is 0 Å². The van der Waals surface area contributed by atoms with Gasteiger partial charge >= 0.3 is 0 Å². The molecule has 236 valence electrons. The fraction of sp³-hybridized carbons (Fsp3) is 0.250. The van der Waals surface area contributed by atoms with Crippen molar-refractivity contribution in [1.29, 1.82) is 0 Å². The van der Waals surface area contributed by atoms with E-state index in [-0.39, 0.29) is 11.5 Å². The van der Waals surface area contributed by atoms with Crippen LogP contribution in [0.3, 0.4) is 0 Å². The number of amides is 1. The highest BCUT2D eigenvalue weighted by Gasteiger charge is 2.35. The van der Waals surface area contributed by atoms with E-state index in [9.17, 15) is 9.59 Å². The van der Waals surface area contributed by atoms with E-state index in [1.54, 1.807) is 22.6 Å². The molecule has 6 rings (SSSR count). The largest absolute Gasteiger partial charge is 0.496 e. The molecular formula is C36H34Cl2N4O3S. The van der Waals surface area contributed by atoms with Crippen LogP contribution in [0.5, 0.6) is 5.75 Å². The lowest BCUT2D eigenvalue weighted by atomic mass is 9.94. The molecule has 1 atom stereocenters. The van der Waals surface area contributed by atoms with Gasteiger partial charge in [-0.1, -0.05) is 77.0 Å². The van der Waals surface area contributed by atoms with Crippen molar-refractivity contribution in [2.24, 2.45) is 4.99 Å².